The lowest BCUT2D eigenvalue weighted by atomic mass is 10.2. The van der Waals surface area contributed by atoms with Crippen LogP contribution in [-0.4, -0.2) is 46.2 Å². The Labute approximate surface area is 104 Å². The predicted octanol–water partition coefficient (Wildman–Crippen LogP) is 1.35. The zero-order valence-electron chi connectivity index (χ0n) is 11.0. The van der Waals surface area contributed by atoms with Gasteiger partial charge >= 0.3 is 0 Å². The summed E-state index contributed by atoms with van der Waals surface area (Å²) in [6, 6.07) is 1.31. The van der Waals surface area contributed by atoms with E-state index in [-0.39, 0.29) is 0 Å². The smallest absolute Gasteiger partial charge is 0.0946 e. The van der Waals surface area contributed by atoms with Crippen molar-refractivity contribution in [3.63, 3.8) is 0 Å². The topological polar surface area (TPSA) is 33.1 Å². The molecule has 1 fully saturated rings. The van der Waals surface area contributed by atoms with Gasteiger partial charge < -0.3 is 9.88 Å². The number of nitrogens with one attached hydrogen (secondary N) is 1. The minimum Gasteiger partial charge on any atom is -0.336 e. The summed E-state index contributed by atoms with van der Waals surface area (Å²) in [5.74, 6) is 0. The predicted molar refractivity (Wildman–Crippen MR) is 70.0 cm³/mol. The second-order valence-corrected chi connectivity index (χ2v) is 5.18. The molecule has 1 N–H and O–H groups in total. The van der Waals surface area contributed by atoms with Gasteiger partial charge in [0.15, 0.2) is 0 Å². The Morgan fingerprint density at radius 1 is 1.53 bits per heavy atom. The molecular weight excluding hydrogens is 212 g/mol. The number of hydrogen-bond acceptors (Lipinski definition) is 3. The average molecular weight is 236 g/mol. The molecule has 0 spiro atoms. The van der Waals surface area contributed by atoms with Crippen molar-refractivity contribution in [2.75, 3.05) is 19.6 Å². The Morgan fingerprint density at radius 3 is 3.00 bits per heavy atom. The molecule has 0 bridgehead atoms. The first-order valence-electron chi connectivity index (χ1n) is 6.69. The van der Waals surface area contributed by atoms with Crippen molar-refractivity contribution < 1.29 is 0 Å². The number of hydrogen-bond donors (Lipinski definition) is 1. The van der Waals surface area contributed by atoms with Gasteiger partial charge in [-0.3, -0.25) is 4.90 Å². The minimum atomic E-state index is 0.612. The van der Waals surface area contributed by atoms with Gasteiger partial charge in [-0.05, 0) is 33.2 Å². The van der Waals surface area contributed by atoms with E-state index in [9.17, 15) is 0 Å². The molecule has 0 saturated carbocycles. The van der Waals surface area contributed by atoms with E-state index < -0.39 is 0 Å². The lowest BCUT2D eigenvalue weighted by Gasteiger charge is -2.29. The third-order valence-corrected chi connectivity index (χ3v) is 3.55. The molecular formula is C13H24N4. The summed E-state index contributed by atoms with van der Waals surface area (Å²) in [6.07, 6.45) is 8.43. The average Bonchev–Trinajstić information content (AvgIpc) is 2.97. The fourth-order valence-electron chi connectivity index (χ4n) is 2.42. The van der Waals surface area contributed by atoms with Gasteiger partial charge in [-0.15, -0.1) is 0 Å². The molecule has 2 heterocycles. The third-order valence-electron chi connectivity index (χ3n) is 3.55. The highest BCUT2D eigenvalue weighted by atomic mass is 15.2. The number of nitrogens with zero attached hydrogens (tertiary/aromatic N) is 3. The summed E-state index contributed by atoms with van der Waals surface area (Å²) >= 11 is 0. The van der Waals surface area contributed by atoms with E-state index in [0.717, 1.165) is 13.1 Å². The van der Waals surface area contributed by atoms with E-state index >= 15 is 0 Å². The van der Waals surface area contributed by atoms with Gasteiger partial charge in [0, 0.05) is 44.1 Å². The van der Waals surface area contributed by atoms with Crippen LogP contribution in [0.15, 0.2) is 18.7 Å². The van der Waals surface area contributed by atoms with Crippen LogP contribution in [0.5, 0.6) is 0 Å². The van der Waals surface area contributed by atoms with Gasteiger partial charge in [0.05, 0.1) is 6.33 Å². The fraction of sp³-hybridized carbons (Fsp3) is 0.769. The normalized spacial score (nSPS) is 20.6. The van der Waals surface area contributed by atoms with Gasteiger partial charge in [0.2, 0.25) is 0 Å². The van der Waals surface area contributed by atoms with Crippen molar-refractivity contribution in [3.05, 3.63) is 18.7 Å². The summed E-state index contributed by atoms with van der Waals surface area (Å²) in [4.78, 5) is 6.64. The van der Waals surface area contributed by atoms with Crippen LogP contribution in [0.3, 0.4) is 0 Å². The highest BCUT2D eigenvalue weighted by Crippen LogP contribution is 2.09. The maximum absolute atomic E-state index is 4.08. The first kappa shape index (κ1) is 12.6. The quantitative estimate of drug-likeness (QED) is 0.809. The molecule has 1 saturated heterocycles. The maximum Gasteiger partial charge on any atom is 0.0946 e. The second-order valence-electron chi connectivity index (χ2n) is 5.18. The van der Waals surface area contributed by atoms with Crippen molar-refractivity contribution in [1.82, 2.24) is 19.8 Å². The molecule has 0 radical (unpaired) electrons. The zero-order chi connectivity index (χ0) is 12.1. The van der Waals surface area contributed by atoms with Crippen LogP contribution >= 0.6 is 0 Å². The number of rotatable bonds is 6. The van der Waals surface area contributed by atoms with Gasteiger partial charge in [0.25, 0.3) is 0 Å². The molecule has 17 heavy (non-hydrogen) atoms. The SMILES string of the molecule is CC(C)N(CCn1ccnc1)CC1CCCN1. The van der Waals surface area contributed by atoms with Crippen molar-refractivity contribution in [3.8, 4) is 0 Å². The van der Waals surface area contributed by atoms with Crippen molar-refractivity contribution in [1.29, 1.82) is 0 Å². The summed E-state index contributed by atoms with van der Waals surface area (Å²) < 4.78 is 2.15. The maximum atomic E-state index is 4.08. The Kier molecular flexibility index (Phi) is 4.57. The Bertz CT molecular complexity index is 301. The summed E-state index contributed by atoms with van der Waals surface area (Å²) in [6.45, 7) is 9.06. The van der Waals surface area contributed by atoms with Crippen LogP contribution in [0.25, 0.3) is 0 Å². The Morgan fingerprint density at radius 2 is 2.41 bits per heavy atom. The lowest BCUT2D eigenvalue weighted by molar-refractivity contribution is 0.195. The van der Waals surface area contributed by atoms with E-state index in [0.29, 0.717) is 12.1 Å². The number of imidazole rings is 1. The van der Waals surface area contributed by atoms with Crippen LogP contribution in [0.2, 0.25) is 0 Å². The molecule has 96 valence electrons. The van der Waals surface area contributed by atoms with E-state index in [2.05, 4.69) is 33.6 Å². The minimum absolute atomic E-state index is 0.612. The standard InChI is InChI=1S/C13H24N4/c1-12(2)17(10-13-4-3-5-15-13)9-8-16-7-6-14-11-16/h6-7,11-13,15H,3-5,8-10H2,1-2H3. The molecule has 1 atom stereocenters. The molecule has 4 heteroatoms. The molecule has 2 rings (SSSR count). The molecule has 1 aliphatic heterocycles. The van der Waals surface area contributed by atoms with Crippen LogP contribution in [0.4, 0.5) is 0 Å². The summed E-state index contributed by atoms with van der Waals surface area (Å²) in [5, 5.41) is 3.57. The third kappa shape index (κ3) is 3.82. The molecule has 0 amide bonds. The summed E-state index contributed by atoms with van der Waals surface area (Å²) in [5.41, 5.74) is 0. The van der Waals surface area contributed by atoms with Gasteiger partial charge in [0.1, 0.15) is 0 Å². The van der Waals surface area contributed by atoms with Crippen LogP contribution < -0.4 is 5.32 Å². The highest BCUT2D eigenvalue weighted by Gasteiger charge is 2.19. The second kappa shape index (κ2) is 6.17. The van der Waals surface area contributed by atoms with Crippen LogP contribution in [-0.2, 0) is 6.54 Å². The van der Waals surface area contributed by atoms with E-state index in [1.165, 1.54) is 25.9 Å². The number of aromatic nitrogens is 2. The molecule has 4 nitrogen and oxygen atoms in total. The Hall–Kier alpha value is -0.870. The van der Waals surface area contributed by atoms with Crippen molar-refractivity contribution in [2.24, 2.45) is 0 Å². The monoisotopic (exact) mass is 236 g/mol. The zero-order valence-corrected chi connectivity index (χ0v) is 11.0. The van der Waals surface area contributed by atoms with E-state index in [1.54, 1.807) is 0 Å². The molecule has 0 aromatic carbocycles. The van der Waals surface area contributed by atoms with E-state index in [4.69, 9.17) is 0 Å². The fourth-order valence-corrected chi connectivity index (χ4v) is 2.42. The van der Waals surface area contributed by atoms with Crippen LogP contribution in [0, 0.1) is 0 Å². The van der Waals surface area contributed by atoms with E-state index in [1.807, 2.05) is 18.7 Å². The van der Waals surface area contributed by atoms with Gasteiger partial charge in [-0.1, -0.05) is 0 Å². The van der Waals surface area contributed by atoms with Crippen LogP contribution in [0.1, 0.15) is 26.7 Å². The van der Waals surface area contributed by atoms with Gasteiger partial charge in [-0.2, -0.15) is 0 Å². The Balaban J connectivity index is 1.79. The summed E-state index contributed by atoms with van der Waals surface area (Å²) in [7, 11) is 0. The first-order chi connectivity index (χ1) is 8.25. The highest BCUT2D eigenvalue weighted by molar-refractivity contribution is 4.80. The van der Waals surface area contributed by atoms with Crippen molar-refractivity contribution >= 4 is 0 Å². The lowest BCUT2D eigenvalue weighted by Crippen LogP contribution is -2.42. The molecule has 1 aliphatic rings. The molecule has 1 aromatic heterocycles. The molecule has 0 aliphatic carbocycles. The molecule has 1 aromatic rings. The first-order valence-corrected chi connectivity index (χ1v) is 6.69. The van der Waals surface area contributed by atoms with Crippen molar-refractivity contribution in [2.45, 2.75) is 45.3 Å². The van der Waals surface area contributed by atoms with Gasteiger partial charge in [-0.25, -0.2) is 4.98 Å². The largest absolute Gasteiger partial charge is 0.336 e. The molecule has 1 unspecified atom stereocenters.